The summed E-state index contributed by atoms with van der Waals surface area (Å²) < 4.78 is 0. The van der Waals surface area contributed by atoms with Gasteiger partial charge in [-0.05, 0) is 55.3 Å². The van der Waals surface area contributed by atoms with E-state index in [1.165, 1.54) is 12.8 Å². The van der Waals surface area contributed by atoms with Gasteiger partial charge < -0.3 is 22.1 Å². The van der Waals surface area contributed by atoms with Crippen LogP contribution in [0.1, 0.15) is 36.0 Å². The minimum atomic E-state index is -0.493. The zero-order valence-corrected chi connectivity index (χ0v) is 16.7. The van der Waals surface area contributed by atoms with Crippen LogP contribution in [0.4, 0.5) is 17.1 Å². The summed E-state index contributed by atoms with van der Waals surface area (Å²) in [4.78, 5) is 20.6. The number of benzene rings is 1. The first-order valence-corrected chi connectivity index (χ1v) is 10.2. The monoisotopic (exact) mass is 402 g/mol. The molecule has 1 saturated carbocycles. The third kappa shape index (κ3) is 4.41. The van der Waals surface area contributed by atoms with Crippen molar-refractivity contribution < 1.29 is 4.79 Å². The van der Waals surface area contributed by atoms with Crippen molar-refractivity contribution in [1.29, 1.82) is 0 Å². The number of carbonyl (C=O) groups is 1. The van der Waals surface area contributed by atoms with E-state index in [2.05, 4.69) is 20.6 Å². The van der Waals surface area contributed by atoms with Crippen molar-refractivity contribution in [2.75, 3.05) is 10.6 Å². The maximum Gasteiger partial charge on any atom is 0.250 e. The molecule has 7 nitrogen and oxygen atoms in total. The van der Waals surface area contributed by atoms with Gasteiger partial charge in [-0.2, -0.15) is 0 Å². The smallest absolute Gasteiger partial charge is 0.250 e. The molecule has 1 fully saturated rings. The first kappa shape index (κ1) is 19.8. The number of anilines is 3. The fraction of sp³-hybridized carbons (Fsp3) is 0.261. The zero-order valence-electron chi connectivity index (χ0n) is 16.7. The van der Waals surface area contributed by atoms with Crippen molar-refractivity contribution in [1.82, 2.24) is 9.97 Å². The molecule has 6 N–H and O–H groups in total. The third-order valence-corrected chi connectivity index (χ3v) is 5.49. The second-order valence-corrected chi connectivity index (χ2v) is 7.58. The Hall–Kier alpha value is -3.45. The molecule has 2 atom stereocenters. The van der Waals surface area contributed by atoms with Gasteiger partial charge >= 0.3 is 0 Å². The fourth-order valence-corrected chi connectivity index (χ4v) is 3.90. The maximum atomic E-state index is 12.0. The second kappa shape index (κ2) is 8.92. The van der Waals surface area contributed by atoms with Gasteiger partial charge in [0, 0.05) is 41.9 Å². The lowest BCUT2D eigenvalue weighted by Gasteiger charge is -2.30. The summed E-state index contributed by atoms with van der Waals surface area (Å²) in [6.45, 7) is 0. The molecule has 0 radical (unpaired) electrons. The Morgan fingerprint density at radius 3 is 2.57 bits per heavy atom. The summed E-state index contributed by atoms with van der Waals surface area (Å²) in [5.74, 6) is -0.493. The number of hydrogen-bond acceptors (Lipinski definition) is 6. The first-order valence-electron chi connectivity index (χ1n) is 10.2. The van der Waals surface area contributed by atoms with Crippen LogP contribution in [0.25, 0.3) is 11.3 Å². The van der Waals surface area contributed by atoms with E-state index in [0.29, 0.717) is 11.3 Å². The summed E-state index contributed by atoms with van der Waals surface area (Å²) >= 11 is 0. The largest absolute Gasteiger partial charge is 0.381 e. The molecule has 2 aromatic heterocycles. The van der Waals surface area contributed by atoms with Gasteiger partial charge in [-0.15, -0.1) is 0 Å². The number of nitrogens with zero attached hydrogens (tertiary/aromatic N) is 2. The van der Waals surface area contributed by atoms with Crippen molar-refractivity contribution in [3.63, 3.8) is 0 Å². The molecule has 154 valence electrons. The highest BCUT2D eigenvalue weighted by Gasteiger charge is 2.22. The number of rotatable bonds is 6. The Labute approximate surface area is 175 Å². The topological polar surface area (TPSA) is 119 Å². The molecule has 3 aromatic rings. The Kier molecular flexibility index (Phi) is 5.90. The Balaban J connectivity index is 1.66. The second-order valence-electron chi connectivity index (χ2n) is 7.58. The van der Waals surface area contributed by atoms with E-state index >= 15 is 0 Å². The van der Waals surface area contributed by atoms with Gasteiger partial charge in [0.1, 0.15) is 0 Å². The molecule has 30 heavy (non-hydrogen) atoms. The van der Waals surface area contributed by atoms with Gasteiger partial charge in [0.25, 0.3) is 5.91 Å². The SMILES string of the molecule is NC(=O)c1ccc(N[C@@H]2CCCC[C@@H]2N)cc1Nc1cccnc1-c1ccncc1. The molecule has 0 aliphatic heterocycles. The Morgan fingerprint density at radius 1 is 1.00 bits per heavy atom. The van der Waals surface area contributed by atoms with Crippen LogP contribution in [0.2, 0.25) is 0 Å². The van der Waals surface area contributed by atoms with E-state index in [1.807, 2.05) is 36.4 Å². The Morgan fingerprint density at radius 2 is 1.80 bits per heavy atom. The number of pyridine rings is 2. The minimum Gasteiger partial charge on any atom is -0.381 e. The molecular weight excluding hydrogens is 376 g/mol. The quantitative estimate of drug-likeness (QED) is 0.499. The maximum absolute atomic E-state index is 12.0. The number of primary amides is 1. The summed E-state index contributed by atoms with van der Waals surface area (Å²) in [7, 11) is 0. The van der Waals surface area contributed by atoms with Gasteiger partial charge in [0.2, 0.25) is 0 Å². The molecule has 7 heteroatoms. The van der Waals surface area contributed by atoms with Crippen LogP contribution in [-0.4, -0.2) is 28.0 Å². The van der Waals surface area contributed by atoms with Gasteiger partial charge in [-0.3, -0.25) is 14.8 Å². The zero-order chi connectivity index (χ0) is 20.9. The standard InChI is InChI=1S/C23H26N6O/c24-18-4-1-2-5-19(18)28-16-7-8-17(23(25)30)21(14-16)29-20-6-3-11-27-22(20)15-9-12-26-13-10-15/h3,6-14,18-19,28-29H,1-2,4-5,24H2,(H2,25,30)/t18-,19+/m0/s1. The highest BCUT2D eigenvalue weighted by molar-refractivity contribution is 6.00. The highest BCUT2D eigenvalue weighted by atomic mass is 16.1. The molecule has 1 aliphatic carbocycles. The molecular formula is C23H26N6O. The van der Waals surface area contributed by atoms with Gasteiger partial charge in [-0.25, -0.2) is 0 Å². The molecule has 0 saturated heterocycles. The molecule has 1 amide bonds. The molecule has 1 aliphatic rings. The van der Waals surface area contributed by atoms with E-state index in [9.17, 15) is 4.79 Å². The normalized spacial score (nSPS) is 18.6. The highest BCUT2D eigenvalue weighted by Crippen LogP contribution is 2.31. The summed E-state index contributed by atoms with van der Waals surface area (Å²) in [5.41, 5.74) is 16.3. The average molecular weight is 403 g/mol. The molecule has 0 unspecified atom stereocenters. The average Bonchev–Trinajstić information content (AvgIpc) is 2.76. The van der Waals surface area contributed by atoms with Gasteiger partial charge in [0.05, 0.1) is 22.6 Å². The van der Waals surface area contributed by atoms with Gasteiger partial charge in [-0.1, -0.05) is 12.8 Å². The number of nitrogens with two attached hydrogens (primary N) is 2. The van der Waals surface area contributed by atoms with Crippen molar-refractivity contribution in [2.24, 2.45) is 11.5 Å². The van der Waals surface area contributed by atoms with Crippen LogP contribution in [0, 0.1) is 0 Å². The predicted octanol–water partition coefficient (Wildman–Crippen LogP) is 3.67. The predicted molar refractivity (Wildman–Crippen MR) is 120 cm³/mol. The van der Waals surface area contributed by atoms with Crippen LogP contribution in [0.5, 0.6) is 0 Å². The summed E-state index contributed by atoms with van der Waals surface area (Å²) in [5, 5.41) is 6.88. The lowest BCUT2D eigenvalue weighted by atomic mass is 9.91. The number of aromatic nitrogens is 2. The van der Waals surface area contributed by atoms with E-state index in [1.54, 1.807) is 24.7 Å². The molecule has 2 heterocycles. The number of amides is 1. The van der Waals surface area contributed by atoms with Crippen molar-refractivity contribution >= 4 is 23.0 Å². The molecule has 0 bridgehead atoms. The summed E-state index contributed by atoms with van der Waals surface area (Å²) in [6.07, 6.45) is 9.58. The van der Waals surface area contributed by atoms with Crippen LogP contribution < -0.4 is 22.1 Å². The van der Waals surface area contributed by atoms with Gasteiger partial charge in [0.15, 0.2) is 0 Å². The lowest BCUT2D eigenvalue weighted by molar-refractivity contribution is 0.100. The first-order chi connectivity index (χ1) is 14.6. The van der Waals surface area contributed by atoms with E-state index in [0.717, 1.165) is 35.5 Å². The van der Waals surface area contributed by atoms with Crippen molar-refractivity contribution in [3.05, 3.63) is 66.6 Å². The molecule has 0 spiro atoms. The van der Waals surface area contributed by atoms with Crippen LogP contribution >= 0.6 is 0 Å². The number of carbonyl (C=O) groups excluding carboxylic acids is 1. The number of hydrogen-bond donors (Lipinski definition) is 4. The fourth-order valence-electron chi connectivity index (χ4n) is 3.90. The van der Waals surface area contributed by atoms with Crippen LogP contribution in [0.15, 0.2) is 61.1 Å². The third-order valence-electron chi connectivity index (χ3n) is 5.49. The van der Waals surface area contributed by atoms with E-state index in [4.69, 9.17) is 11.5 Å². The molecule has 1 aromatic carbocycles. The minimum absolute atomic E-state index is 0.127. The van der Waals surface area contributed by atoms with Crippen molar-refractivity contribution in [3.8, 4) is 11.3 Å². The lowest BCUT2D eigenvalue weighted by Crippen LogP contribution is -2.42. The van der Waals surface area contributed by atoms with Crippen LogP contribution in [0.3, 0.4) is 0 Å². The summed E-state index contributed by atoms with van der Waals surface area (Å²) in [6, 6.07) is 13.4. The Bertz CT molecular complexity index is 1020. The number of nitrogens with one attached hydrogen (secondary N) is 2. The van der Waals surface area contributed by atoms with Crippen LogP contribution in [-0.2, 0) is 0 Å². The van der Waals surface area contributed by atoms with E-state index in [-0.39, 0.29) is 12.1 Å². The van der Waals surface area contributed by atoms with E-state index < -0.39 is 5.91 Å². The molecule has 4 rings (SSSR count). The van der Waals surface area contributed by atoms with Crippen molar-refractivity contribution in [2.45, 2.75) is 37.8 Å².